The van der Waals surface area contributed by atoms with Gasteiger partial charge in [-0.1, -0.05) is 0 Å². The fourth-order valence-corrected chi connectivity index (χ4v) is 3.54. The van der Waals surface area contributed by atoms with Gasteiger partial charge in [0.05, 0.1) is 12.0 Å². The minimum Gasteiger partial charge on any atom is -0.497 e. The lowest BCUT2D eigenvalue weighted by Gasteiger charge is -2.31. The summed E-state index contributed by atoms with van der Waals surface area (Å²) < 4.78 is 31.3. The van der Waals surface area contributed by atoms with Crippen molar-refractivity contribution in [3.63, 3.8) is 0 Å². The van der Waals surface area contributed by atoms with Crippen LogP contribution >= 0.6 is 12.4 Å². The van der Waals surface area contributed by atoms with Crippen molar-refractivity contribution in [3.05, 3.63) is 24.3 Å². The van der Waals surface area contributed by atoms with Crippen molar-refractivity contribution in [2.24, 2.45) is 0 Å². The van der Waals surface area contributed by atoms with Crippen molar-refractivity contribution >= 4 is 22.4 Å². The normalized spacial score (nSPS) is 20.6. The molecule has 1 atom stereocenters. The summed E-state index contributed by atoms with van der Waals surface area (Å²) in [6, 6.07) is 6.69. The maximum Gasteiger partial charge on any atom is 0.243 e. The molecule has 2 rings (SSSR count). The molecule has 0 spiro atoms. The van der Waals surface area contributed by atoms with Crippen LogP contribution in [0.1, 0.15) is 6.92 Å². The molecule has 0 unspecified atom stereocenters. The highest BCUT2D eigenvalue weighted by Gasteiger charge is 2.28. The second kappa shape index (κ2) is 6.56. The number of halogens is 1. The van der Waals surface area contributed by atoms with Gasteiger partial charge in [0, 0.05) is 25.7 Å². The molecule has 1 heterocycles. The first kappa shape index (κ1) is 16.2. The summed E-state index contributed by atoms with van der Waals surface area (Å²) in [7, 11) is -1.83. The SMILES string of the molecule is COc1ccc(S(=O)(=O)N2CCN[C@H](C)C2)cc1.Cl. The molecule has 0 saturated carbocycles. The van der Waals surface area contributed by atoms with Crippen molar-refractivity contribution in [1.82, 2.24) is 9.62 Å². The average molecular weight is 307 g/mol. The van der Waals surface area contributed by atoms with Gasteiger partial charge in [0.15, 0.2) is 0 Å². The standard InChI is InChI=1S/C12H18N2O3S.ClH/c1-10-9-14(8-7-13-10)18(15,16)12-5-3-11(17-2)4-6-12;/h3-6,10,13H,7-9H2,1-2H3;1H/t10-;/m1./s1. The molecule has 1 aromatic rings. The van der Waals surface area contributed by atoms with Crippen molar-refractivity contribution in [2.45, 2.75) is 17.9 Å². The molecule has 0 aromatic heterocycles. The molecular formula is C12H19ClN2O3S. The first-order valence-electron chi connectivity index (χ1n) is 5.91. The van der Waals surface area contributed by atoms with Crippen LogP contribution in [0.25, 0.3) is 0 Å². The summed E-state index contributed by atoms with van der Waals surface area (Å²) in [6.07, 6.45) is 0. The number of benzene rings is 1. The molecule has 1 aromatic carbocycles. The lowest BCUT2D eigenvalue weighted by Crippen LogP contribution is -2.51. The molecule has 0 radical (unpaired) electrons. The molecule has 1 fully saturated rings. The topological polar surface area (TPSA) is 58.6 Å². The third kappa shape index (κ3) is 3.60. The van der Waals surface area contributed by atoms with Crippen molar-refractivity contribution in [3.8, 4) is 5.75 Å². The van der Waals surface area contributed by atoms with Gasteiger partial charge in [-0.2, -0.15) is 4.31 Å². The number of hydrogen-bond acceptors (Lipinski definition) is 4. The Hall–Kier alpha value is -0.820. The van der Waals surface area contributed by atoms with E-state index in [0.717, 1.165) is 0 Å². The maximum absolute atomic E-state index is 12.4. The summed E-state index contributed by atoms with van der Waals surface area (Å²) in [5.41, 5.74) is 0. The van der Waals surface area contributed by atoms with E-state index in [1.54, 1.807) is 31.4 Å². The summed E-state index contributed by atoms with van der Waals surface area (Å²) in [5.74, 6) is 0.655. The highest BCUT2D eigenvalue weighted by Crippen LogP contribution is 2.20. The summed E-state index contributed by atoms with van der Waals surface area (Å²) in [4.78, 5) is 0.317. The van der Waals surface area contributed by atoms with E-state index in [-0.39, 0.29) is 18.4 Å². The quantitative estimate of drug-likeness (QED) is 0.908. The summed E-state index contributed by atoms with van der Waals surface area (Å²) in [5, 5.41) is 3.23. The molecule has 0 aliphatic carbocycles. The van der Waals surface area contributed by atoms with Crippen LogP contribution in [0.15, 0.2) is 29.2 Å². The average Bonchev–Trinajstić information content (AvgIpc) is 2.39. The molecule has 1 N–H and O–H groups in total. The Bertz CT molecular complexity index is 504. The monoisotopic (exact) mass is 306 g/mol. The van der Waals surface area contributed by atoms with E-state index >= 15 is 0 Å². The van der Waals surface area contributed by atoms with E-state index in [1.807, 2.05) is 6.92 Å². The zero-order chi connectivity index (χ0) is 13.2. The van der Waals surface area contributed by atoms with Crippen LogP contribution in [0.5, 0.6) is 5.75 Å². The molecule has 0 bridgehead atoms. The van der Waals surface area contributed by atoms with Crippen LogP contribution in [-0.2, 0) is 10.0 Å². The van der Waals surface area contributed by atoms with Gasteiger partial charge < -0.3 is 10.1 Å². The minimum absolute atomic E-state index is 0. The Morgan fingerprint density at radius 2 is 1.95 bits per heavy atom. The van der Waals surface area contributed by atoms with Crippen LogP contribution < -0.4 is 10.1 Å². The fraction of sp³-hybridized carbons (Fsp3) is 0.500. The molecule has 1 aliphatic rings. The first-order valence-corrected chi connectivity index (χ1v) is 7.35. The van der Waals surface area contributed by atoms with E-state index < -0.39 is 10.0 Å². The van der Waals surface area contributed by atoms with Gasteiger partial charge in [-0.3, -0.25) is 0 Å². The van der Waals surface area contributed by atoms with Crippen LogP contribution in [0.2, 0.25) is 0 Å². The predicted octanol–water partition coefficient (Wildman–Crippen LogP) is 1.10. The van der Waals surface area contributed by atoms with E-state index in [1.165, 1.54) is 4.31 Å². The number of sulfonamides is 1. The van der Waals surface area contributed by atoms with Gasteiger partial charge >= 0.3 is 0 Å². The number of piperazine rings is 1. The van der Waals surface area contributed by atoms with Gasteiger partial charge in [-0.05, 0) is 31.2 Å². The van der Waals surface area contributed by atoms with Crippen LogP contribution in [0.4, 0.5) is 0 Å². The third-order valence-electron chi connectivity index (χ3n) is 3.03. The zero-order valence-electron chi connectivity index (χ0n) is 11.0. The minimum atomic E-state index is -3.38. The van der Waals surface area contributed by atoms with Crippen molar-refractivity contribution in [2.75, 3.05) is 26.7 Å². The molecule has 7 heteroatoms. The Balaban J connectivity index is 0.00000180. The number of hydrogen-bond donors (Lipinski definition) is 1. The number of nitrogens with zero attached hydrogens (tertiary/aromatic N) is 1. The molecule has 1 saturated heterocycles. The predicted molar refractivity (Wildman–Crippen MR) is 76.5 cm³/mol. The zero-order valence-corrected chi connectivity index (χ0v) is 12.6. The first-order chi connectivity index (χ1) is 8.54. The second-order valence-corrected chi connectivity index (χ2v) is 6.33. The highest BCUT2D eigenvalue weighted by atomic mass is 35.5. The van der Waals surface area contributed by atoms with Gasteiger partial charge in [0.25, 0.3) is 0 Å². The lowest BCUT2D eigenvalue weighted by atomic mass is 10.3. The molecule has 19 heavy (non-hydrogen) atoms. The van der Waals surface area contributed by atoms with Crippen molar-refractivity contribution < 1.29 is 13.2 Å². The smallest absolute Gasteiger partial charge is 0.243 e. The molecule has 108 valence electrons. The Labute approximate surface area is 120 Å². The van der Waals surface area contributed by atoms with Crippen molar-refractivity contribution in [1.29, 1.82) is 0 Å². The Kier molecular flexibility index (Phi) is 5.61. The maximum atomic E-state index is 12.4. The van der Waals surface area contributed by atoms with E-state index in [2.05, 4.69) is 5.32 Å². The molecule has 5 nitrogen and oxygen atoms in total. The third-order valence-corrected chi connectivity index (χ3v) is 4.91. The van der Waals surface area contributed by atoms with Crippen LogP contribution in [0, 0.1) is 0 Å². The highest BCUT2D eigenvalue weighted by molar-refractivity contribution is 7.89. The van der Waals surface area contributed by atoms with Gasteiger partial charge in [-0.15, -0.1) is 12.4 Å². The number of nitrogens with one attached hydrogen (secondary N) is 1. The Morgan fingerprint density at radius 3 is 2.47 bits per heavy atom. The van der Waals surface area contributed by atoms with E-state index in [9.17, 15) is 8.42 Å². The second-order valence-electron chi connectivity index (χ2n) is 4.39. The van der Waals surface area contributed by atoms with Gasteiger partial charge in [0.2, 0.25) is 10.0 Å². The molecule has 1 aliphatic heterocycles. The largest absolute Gasteiger partial charge is 0.497 e. The van der Waals surface area contributed by atoms with Gasteiger partial charge in [-0.25, -0.2) is 8.42 Å². The fourth-order valence-electron chi connectivity index (χ4n) is 2.01. The molecule has 0 amide bonds. The number of rotatable bonds is 3. The Morgan fingerprint density at radius 1 is 1.32 bits per heavy atom. The number of ether oxygens (including phenoxy) is 1. The molecular weight excluding hydrogens is 288 g/mol. The lowest BCUT2D eigenvalue weighted by molar-refractivity contribution is 0.310. The summed E-state index contributed by atoms with van der Waals surface area (Å²) in [6.45, 7) is 3.69. The van der Waals surface area contributed by atoms with Gasteiger partial charge in [0.1, 0.15) is 5.75 Å². The van der Waals surface area contributed by atoms with E-state index in [4.69, 9.17) is 4.74 Å². The van der Waals surface area contributed by atoms with E-state index in [0.29, 0.717) is 30.3 Å². The van der Waals surface area contributed by atoms with Crippen LogP contribution in [0.3, 0.4) is 0 Å². The summed E-state index contributed by atoms with van der Waals surface area (Å²) >= 11 is 0. The van der Waals surface area contributed by atoms with Crippen LogP contribution in [-0.4, -0.2) is 45.5 Å². The number of methoxy groups -OCH3 is 1.